The van der Waals surface area contributed by atoms with Crippen molar-refractivity contribution in [1.82, 2.24) is 0 Å². The molecule has 4 saturated carbocycles. The Morgan fingerprint density at radius 1 is 1.05 bits per heavy atom. The fourth-order valence-corrected chi connectivity index (χ4v) is 6.05. The molecule has 0 saturated heterocycles. The van der Waals surface area contributed by atoms with Gasteiger partial charge in [-0.1, -0.05) is 6.58 Å². The maximum atomic E-state index is 11.8. The molecule has 0 aromatic heterocycles. The van der Waals surface area contributed by atoms with E-state index < -0.39 is 0 Å². The molecule has 21 heavy (non-hydrogen) atoms. The van der Waals surface area contributed by atoms with Crippen LogP contribution < -0.4 is 0 Å². The minimum absolute atomic E-state index is 0.0714. The SMILES string of the molecule is C=C(C)C(=O)OC1C2CC3C1CC31CC(OC(C)=O)CC21. The number of carbonyl (C=O) groups excluding carboxylic acids is 2. The minimum atomic E-state index is -0.250. The zero-order valence-electron chi connectivity index (χ0n) is 12.6. The Balaban J connectivity index is 1.51. The zero-order valence-corrected chi connectivity index (χ0v) is 12.6. The summed E-state index contributed by atoms with van der Waals surface area (Å²) in [6.45, 7) is 6.86. The second-order valence-electron chi connectivity index (χ2n) is 7.54. The quantitative estimate of drug-likeness (QED) is 0.592. The maximum Gasteiger partial charge on any atom is 0.333 e. The lowest BCUT2D eigenvalue weighted by atomic mass is 9.49. The van der Waals surface area contributed by atoms with Gasteiger partial charge in [-0.15, -0.1) is 0 Å². The zero-order chi connectivity index (χ0) is 14.9. The average Bonchev–Trinajstić information content (AvgIpc) is 2.94. The number of rotatable bonds is 3. The molecule has 4 aliphatic rings. The van der Waals surface area contributed by atoms with Gasteiger partial charge in [-0.3, -0.25) is 4.79 Å². The van der Waals surface area contributed by atoms with E-state index in [0.29, 0.717) is 34.7 Å². The molecule has 0 N–H and O–H groups in total. The Kier molecular flexibility index (Phi) is 2.61. The molecule has 0 amide bonds. The van der Waals surface area contributed by atoms with Crippen molar-refractivity contribution < 1.29 is 19.1 Å². The van der Waals surface area contributed by atoms with E-state index in [1.165, 1.54) is 13.3 Å². The smallest absolute Gasteiger partial charge is 0.333 e. The van der Waals surface area contributed by atoms with Crippen LogP contribution in [-0.4, -0.2) is 24.1 Å². The topological polar surface area (TPSA) is 52.6 Å². The number of carbonyl (C=O) groups is 2. The number of hydrogen-bond acceptors (Lipinski definition) is 4. The molecule has 4 aliphatic carbocycles. The molecule has 0 aromatic rings. The van der Waals surface area contributed by atoms with Crippen molar-refractivity contribution in [1.29, 1.82) is 0 Å². The second kappa shape index (κ2) is 4.11. The lowest BCUT2D eigenvalue weighted by molar-refractivity contribution is -0.176. The highest BCUT2D eigenvalue weighted by molar-refractivity contribution is 5.87. The van der Waals surface area contributed by atoms with Gasteiger partial charge in [0.1, 0.15) is 12.2 Å². The van der Waals surface area contributed by atoms with E-state index in [1.807, 2.05) is 0 Å². The standard InChI is InChI=1S/C17H22O4/c1-8(2)16(19)21-15-11-5-14-12(15)7-17(14)6-10(4-13(11)17)20-9(3)18/h10-15H,1,4-7H2,2-3H3. The first kappa shape index (κ1) is 13.4. The molecule has 0 aliphatic heterocycles. The summed E-state index contributed by atoms with van der Waals surface area (Å²) in [6, 6.07) is 0. The Hall–Kier alpha value is -1.32. The monoisotopic (exact) mass is 290 g/mol. The number of ether oxygens (including phenoxy) is 2. The van der Waals surface area contributed by atoms with Gasteiger partial charge in [0.05, 0.1) is 0 Å². The highest BCUT2D eigenvalue weighted by Crippen LogP contribution is 2.78. The van der Waals surface area contributed by atoms with Crippen molar-refractivity contribution in [2.45, 2.75) is 51.7 Å². The number of hydrogen-bond donors (Lipinski definition) is 0. The third-order valence-corrected chi connectivity index (χ3v) is 6.55. The van der Waals surface area contributed by atoms with Crippen LogP contribution in [0.2, 0.25) is 0 Å². The van der Waals surface area contributed by atoms with Gasteiger partial charge in [0.25, 0.3) is 0 Å². The highest BCUT2D eigenvalue weighted by Gasteiger charge is 2.76. The molecule has 4 fully saturated rings. The van der Waals surface area contributed by atoms with Gasteiger partial charge in [-0.2, -0.15) is 0 Å². The summed E-state index contributed by atoms with van der Waals surface area (Å²) in [7, 11) is 0. The molecule has 0 radical (unpaired) electrons. The first-order valence-corrected chi connectivity index (χ1v) is 7.96. The Morgan fingerprint density at radius 2 is 1.76 bits per heavy atom. The molecule has 4 rings (SSSR count). The predicted octanol–water partition coefficient (Wildman–Crippen LogP) is 2.47. The van der Waals surface area contributed by atoms with Crippen molar-refractivity contribution in [3.63, 3.8) is 0 Å². The van der Waals surface area contributed by atoms with Crippen LogP contribution in [0, 0.1) is 29.1 Å². The fourth-order valence-electron chi connectivity index (χ4n) is 6.05. The predicted molar refractivity (Wildman–Crippen MR) is 75.1 cm³/mol. The Labute approximate surface area is 124 Å². The Morgan fingerprint density at radius 3 is 2.43 bits per heavy atom. The van der Waals surface area contributed by atoms with E-state index in [4.69, 9.17) is 9.47 Å². The summed E-state index contributed by atoms with van der Waals surface area (Å²) in [6.07, 6.45) is 4.46. The van der Waals surface area contributed by atoms with Crippen molar-refractivity contribution in [3.8, 4) is 0 Å². The van der Waals surface area contributed by atoms with Crippen LogP contribution >= 0.6 is 0 Å². The molecule has 114 valence electrons. The van der Waals surface area contributed by atoms with Gasteiger partial charge in [-0.05, 0) is 49.9 Å². The van der Waals surface area contributed by atoms with E-state index in [0.717, 1.165) is 19.3 Å². The fraction of sp³-hybridized carbons (Fsp3) is 0.765. The number of esters is 2. The third-order valence-electron chi connectivity index (χ3n) is 6.55. The lowest BCUT2D eigenvalue weighted by Gasteiger charge is -2.57. The van der Waals surface area contributed by atoms with Crippen molar-refractivity contribution in [2.75, 3.05) is 0 Å². The van der Waals surface area contributed by atoms with E-state index in [1.54, 1.807) is 6.92 Å². The first-order valence-electron chi connectivity index (χ1n) is 7.96. The average molecular weight is 290 g/mol. The molecular formula is C17H22O4. The van der Waals surface area contributed by atoms with Gasteiger partial charge in [0, 0.05) is 24.3 Å². The van der Waals surface area contributed by atoms with Gasteiger partial charge in [0.2, 0.25) is 0 Å². The van der Waals surface area contributed by atoms with Crippen molar-refractivity contribution in [2.24, 2.45) is 29.1 Å². The largest absolute Gasteiger partial charge is 0.463 e. The van der Waals surface area contributed by atoms with E-state index in [9.17, 15) is 9.59 Å². The van der Waals surface area contributed by atoms with Crippen LogP contribution in [0.5, 0.6) is 0 Å². The molecular weight excluding hydrogens is 268 g/mol. The molecule has 4 heteroatoms. The molecule has 0 heterocycles. The second-order valence-corrected chi connectivity index (χ2v) is 7.54. The summed E-state index contributed by atoms with van der Waals surface area (Å²) in [5.41, 5.74) is 0.870. The normalized spacial score (nSPS) is 48.5. The van der Waals surface area contributed by atoms with Crippen LogP contribution in [0.15, 0.2) is 12.2 Å². The molecule has 7 unspecified atom stereocenters. The summed E-state index contributed by atoms with van der Waals surface area (Å²) in [4.78, 5) is 23.0. The number of fused-ring (bicyclic) bond motifs is 2. The summed E-state index contributed by atoms with van der Waals surface area (Å²) >= 11 is 0. The third kappa shape index (κ3) is 1.62. The highest BCUT2D eigenvalue weighted by atomic mass is 16.5. The summed E-state index contributed by atoms with van der Waals surface area (Å²) < 4.78 is 11.2. The van der Waals surface area contributed by atoms with E-state index in [-0.39, 0.29) is 24.1 Å². The van der Waals surface area contributed by atoms with E-state index >= 15 is 0 Å². The molecule has 0 aromatic carbocycles. The van der Waals surface area contributed by atoms with Crippen LogP contribution in [0.4, 0.5) is 0 Å². The van der Waals surface area contributed by atoms with Crippen LogP contribution in [0.25, 0.3) is 0 Å². The van der Waals surface area contributed by atoms with Crippen LogP contribution in [0.1, 0.15) is 39.5 Å². The maximum absolute atomic E-state index is 11.8. The molecule has 2 bridgehead atoms. The van der Waals surface area contributed by atoms with Gasteiger partial charge in [-0.25, -0.2) is 4.79 Å². The lowest BCUT2D eigenvalue weighted by Crippen LogP contribution is -2.56. The first-order chi connectivity index (χ1) is 9.92. The van der Waals surface area contributed by atoms with Crippen LogP contribution in [0.3, 0.4) is 0 Å². The van der Waals surface area contributed by atoms with E-state index in [2.05, 4.69) is 6.58 Å². The van der Waals surface area contributed by atoms with Gasteiger partial charge in [0.15, 0.2) is 0 Å². The summed E-state index contributed by atoms with van der Waals surface area (Å²) in [5, 5.41) is 0. The molecule has 7 atom stereocenters. The minimum Gasteiger partial charge on any atom is -0.463 e. The van der Waals surface area contributed by atoms with Crippen molar-refractivity contribution in [3.05, 3.63) is 12.2 Å². The molecule has 1 spiro atoms. The summed E-state index contributed by atoms with van der Waals surface area (Å²) in [5.74, 6) is 1.82. The Bertz CT molecular complexity index is 539. The van der Waals surface area contributed by atoms with Gasteiger partial charge < -0.3 is 9.47 Å². The van der Waals surface area contributed by atoms with Crippen molar-refractivity contribution >= 4 is 11.9 Å². The molecule has 4 nitrogen and oxygen atoms in total. The van der Waals surface area contributed by atoms with Gasteiger partial charge >= 0.3 is 11.9 Å². The van der Waals surface area contributed by atoms with Crippen LogP contribution in [-0.2, 0) is 19.1 Å².